The molecule has 0 aliphatic heterocycles. The van der Waals surface area contributed by atoms with Crippen LogP contribution in [0.5, 0.6) is 0 Å². The van der Waals surface area contributed by atoms with Gasteiger partial charge >= 0.3 is 0 Å². The van der Waals surface area contributed by atoms with Crippen LogP contribution in [0, 0.1) is 11.6 Å². The quantitative estimate of drug-likeness (QED) is 0.788. The number of halogens is 2. The maximum Gasteiger partial charge on any atom is 0.134 e. The van der Waals surface area contributed by atoms with Crippen LogP contribution in [0.2, 0.25) is 0 Å². The number of nitrogens with zero attached hydrogens (tertiary/aromatic N) is 3. The van der Waals surface area contributed by atoms with E-state index in [1.54, 1.807) is 31.6 Å². The highest BCUT2D eigenvalue weighted by Gasteiger charge is 2.20. The predicted octanol–water partition coefficient (Wildman–Crippen LogP) is 3.01. The number of nitrogens with two attached hydrogens (primary N) is 1. The number of pyridine rings is 1. The molecule has 0 saturated heterocycles. The molecule has 4 nitrogen and oxygen atoms in total. The van der Waals surface area contributed by atoms with Crippen molar-refractivity contribution in [1.82, 2.24) is 14.8 Å². The van der Waals surface area contributed by atoms with Crippen molar-refractivity contribution in [2.45, 2.75) is 0 Å². The smallest absolute Gasteiger partial charge is 0.134 e. The summed E-state index contributed by atoms with van der Waals surface area (Å²) < 4.78 is 28.6. The Labute approximate surface area is 119 Å². The number of benzene rings is 1. The van der Waals surface area contributed by atoms with Crippen LogP contribution in [0.25, 0.3) is 22.4 Å². The van der Waals surface area contributed by atoms with Crippen molar-refractivity contribution in [2.75, 3.05) is 5.73 Å². The molecule has 0 atom stereocenters. The van der Waals surface area contributed by atoms with Crippen LogP contribution in [0.1, 0.15) is 0 Å². The minimum Gasteiger partial charge on any atom is -0.383 e. The lowest BCUT2D eigenvalue weighted by molar-refractivity contribution is 0.585. The molecule has 0 spiro atoms. The van der Waals surface area contributed by atoms with Gasteiger partial charge in [0.05, 0.1) is 5.56 Å². The lowest BCUT2D eigenvalue weighted by Crippen LogP contribution is -1.98. The van der Waals surface area contributed by atoms with E-state index >= 15 is 0 Å². The normalized spacial score (nSPS) is 10.8. The molecule has 0 unspecified atom stereocenters. The maximum absolute atomic E-state index is 14.1. The van der Waals surface area contributed by atoms with Gasteiger partial charge in [0.1, 0.15) is 23.1 Å². The Hall–Kier alpha value is -2.76. The third-order valence-corrected chi connectivity index (χ3v) is 3.25. The van der Waals surface area contributed by atoms with Gasteiger partial charge in [-0.1, -0.05) is 0 Å². The molecule has 0 amide bonds. The van der Waals surface area contributed by atoms with Crippen LogP contribution < -0.4 is 5.73 Å². The third kappa shape index (κ3) is 2.24. The maximum atomic E-state index is 14.1. The van der Waals surface area contributed by atoms with Gasteiger partial charge in [-0.05, 0) is 24.3 Å². The zero-order valence-corrected chi connectivity index (χ0v) is 11.2. The predicted molar refractivity (Wildman–Crippen MR) is 76.2 cm³/mol. The van der Waals surface area contributed by atoms with Gasteiger partial charge < -0.3 is 5.73 Å². The first kappa shape index (κ1) is 13.2. The first-order chi connectivity index (χ1) is 10.1. The summed E-state index contributed by atoms with van der Waals surface area (Å²) in [4.78, 5) is 3.94. The second kappa shape index (κ2) is 4.97. The third-order valence-electron chi connectivity index (χ3n) is 3.25. The SMILES string of the molecule is Cn1nc(-c2ccncc2)c(-c2ccc(F)cc2F)c1N. The fourth-order valence-corrected chi connectivity index (χ4v) is 2.21. The number of rotatable bonds is 2. The lowest BCUT2D eigenvalue weighted by atomic mass is 10.0. The summed E-state index contributed by atoms with van der Waals surface area (Å²) in [7, 11) is 1.67. The molecule has 0 saturated carbocycles. The second-order valence-corrected chi connectivity index (χ2v) is 4.59. The number of hydrogen-bond donors (Lipinski definition) is 1. The zero-order valence-electron chi connectivity index (χ0n) is 11.2. The second-order valence-electron chi connectivity index (χ2n) is 4.59. The van der Waals surface area contributed by atoms with Crippen LogP contribution >= 0.6 is 0 Å². The van der Waals surface area contributed by atoms with Crippen molar-refractivity contribution in [3.8, 4) is 22.4 Å². The summed E-state index contributed by atoms with van der Waals surface area (Å²) in [5.74, 6) is -0.999. The number of aromatic nitrogens is 3. The summed E-state index contributed by atoms with van der Waals surface area (Å²) in [5, 5.41) is 4.32. The first-order valence-electron chi connectivity index (χ1n) is 6.26. The van der Waals surface area contributed by atoms with Gasteiger partial charge in [0, 0.05) is 36.6 Å². The Morgan fingerprint density at radius 1 is 1.10 bits per heavy atom. The molecule has 6 heteroatoms. The molecule has 2 heterocycles. The molecule has 1 aromatic carbocycles. The van der Waals surface area contributed by atoms with Crippen molar-refractivity contribution in [3.05, 3.63) is 54.4 Å². The number of nitrogen functional groups attached to an aromatic ring is 1. The van der Waals surface area contributed by atoms with Crippen molar-refractivity contribution >= 4 is 5.82 Å². The van der Waals surface area contributed by atoms with E-state index in [9.17, 15) is 8.78 Å². The Morgan fingerprint density at radius 2 is 1.81 bits per heavy atom. The van der Waals surface area contributed by atoms with Gasteiger partial charge in [0.15, 0.2) is 0 Å². The average molecular weight is 286 g/mol. The highest BCUT2D eigenvalue weighted by Crippen LogP contribution is 2.37. The minimum absolute atomic E-state index is 0.216. The van der Waals surface area contributed by atoms with Gasteiger partial charge in [0.2, 0.25) is 0 Å². The van der Waals surface area contributed by atoms with Crippen LogP contribution in [-0.4, -0.2) is 14.8 Å². The molecule has 0 aliphatic carbocycles. The van der Waals surface area contributed by atoms with Gasteiger partial charge in [-0.25, -0.2) is 8.78 Å². The molecule has 2 aromatic heterocycles. The molecule has 0 bridgehead atoms. The summed E-state index contributed by atoms with van der Waals surface area (Å²) in [6.45, 7) is 0. The lowest BCUT2D eigenvalue weighted by Gasteiger charge is -2.06. The standard InChI is InChI=1S/C15H12F2N4/c1-21-15(18)13(11-3-2-10(16)8-12(11)17)14(20-21)9-4-6-19-7-5-9/h2-8H,18H2,1H3. The van der Waals surface area contributed by atoms with E-state index in [0.29, 0.717) is 17.1 Å². The largest absolute Gasteiger partial charge is 0.383 e. The van der Waals surface area contributed by atoms with E-state index in [0.717, 1.165) is 11.6 Å². The summed E-state index contributed by atoms with van der Waals surface area (Å²) in [6.07, 6.45) is 3.23. The molecule has 0 aliphatic rings. The van der Waals surface area contributed by atoms with Crippen LogP contribution in [-0.2, 0) is 7.05 Å². The van der Waals surface area contributed by atoms with Crippen LogP contribution in [0.3, 0.4) is 0 Å². The number of aryl methyl sites for hydroxylation is 1. The fraction of sp³-hybridized carbons (Fsp3) is 0.0667. The van der Waals surface area contributed by atoms with Gasteiger partial charge in [-0.3, -0.25) is 9.67 Å². The van der Waals surface area contributed by atoms with E-state index < -0.39 is 11.6 Å². The van der Waals surface area contributed by atoms with Gasteiger partial charge in [-0.2, -0.15) is 5.10 Å². The molecule has 21 heavy (non-hydrogen) atoms. The number of anilines is 1. The molecular formula is C15H12F2N4. The zero-order chi connectivity index (χ0) is 15.0. The Balaban J connectivity index is 2.27. The topological polar surface area (TPSA) is 56.7 Å². The van der Waals surface area contributed by atoms with Gasteiger partial charge in [-0.15, -0.1) is 0 Å². The first-order valence-corrected chi connectivity index (χ1v) is 6.26. The average Bonchev–Trinajstić information content (AvgIpc) is 2.76. The minimum atomic E-state index is -0.676. The Bertz CT molecular complexity index is 797. The van der Waals surface area contributed by atoms with E-state index in [4.69, 9.17) is 5.73 Å². The van der Waals surface area contributed by atoms with E-state index in [2.05, 4.69) is 10.1 Å². The van der Waals surface area contributed by atoms with E-state index in [1.807, 2.05) is 0 Å². The highest BCUT2D eigenvalue weighted by molar-refractivity contribution is 5.88. The highest BCUT2D eigenvalue weighted by atomic mass is 19.1. The molecule has 0 radical (unpaired) electrons. The molecule has 3 rings (SSSR count). The fourth-order valence-electron chi connectivity index (χ4n) is 2.21. The van der Waals surface area contributed by atoms with Crippen molar-refractivity contribution in [3.63, 3.8) is 0 Å². The number of hydrogen-bond acceptors (Lipinski definition) is 3. The molecule has 106 valence electrons. The molecule has 0 fully saturated rings. The van der Waals surface area contributed by atoms with Crippen molar-refractivity contribution in [1.29, 1.82) is 0 Å². The Morgan fingerprint density at radius 3 is 2.48 bits per heavy atom. The van der Waals surface area contributed by atoms with Gasteiger partial charge in [0.25, 0.3) is 0 Å². The van der Waals surface area contributed by atoms with E-state index in [-0.39, 0.29) is 5.56 Å². The monoisotopic (exact) mass is 286 g/mol. The Kier molecular flexibility index (Phi) is 3.13. The molecule has 2 N–H and O–H groups in total. The van der Waals surface area contributed by atoms with E-state index in [1.165, 1.54) is 16.8 Å². The molecular weight excluding hydrogens is 274 g/mol. The van der Waals surface area contributed by atoms with Crippen LogP contribution in [0.15, 0.2) is 42.7 Å². The van der Waals surface area contributed by atoms with Crippen molar-refractivity contribution < 1.29 is 8.78 Å². The molecule has 3 aromatic rings. The van der Waals surface area contributed by atoms with Crippen molar-refractivity contribution in [2.24, 2.45) is 7.05 Å². The summed E-state index contributed by atoms with van der Waals surface area (Å²) in [5.41, 5.74) is 7.96. The van der Waals surface area contributed by atoms with Crippen LogP contribution in [0.4, 0.5) is 14.6 Å². The summed E-state index contributed by atoms with van der Waals surface area (Å²) >= 11 is 0. The summed E-state index contributed by atoms with van der Waals surface area (Å²) in [6, 6.07) is 6.90.